The Balaban J connectivity index is 0.00000135. The highest BCUT2D eigenvalue weighted by Gasteiger charge is 2.38. The molecule has 1 rings (SSSR count). The van der Waals surface area contributed by atoms with Gasteiger partial charge in [0.15, 0.2) is 0 Å². The van der Waals surface area contributed by atoms with Crippen molar-refractivity contribution in [2.24, 2.45) is 11.3 Å². The summed E-state index contributed by atoms with van der Waals surface area (Å²) >= 11 is 0. The zero-order valence-corrected chi connectivity index (χ0v) is 15.5. The van der Waals surface area contributed by atoms with Gasteiger partial charge in [0.2, 0.25) is 0 Å². The smallest absolute Gasteiger partial charge is 0.312 e. The third-order valence-corrected chi connectivity index (χ3v) is 4.45. The first kappa shape index (κ1) is 20.7. The predicted molar refractivity (Wildman–Crippen MR) is 94.8 cm³/mol. The van der Waals surface area contributed by atoms with Gasteiger partial charge in [0.05, 0.1) is 5.41 Å². The van der Waals surface area contributed by atoms with Crippen molar-refractivity contribution in [3.63, 3.8) is 0 Å². The van der Waals surface area contributed by atoms with Gasteiger partial charge in [-0.3, -0.25) is 4.79 Å². The summed E-state index contributed by atoms with van der Waals surface area (Å²) in [5.74, 6) is 0.244. The largest absolute Gasteiger partial charge is 0.457 e. The molecule has 0 bridgehead atoms. The average Bonchev–Trinajstić information content (AvgIpc) is 2.54. The van der Waals surface area contributed by atoms with Gasteiger partial charge in [-0.05, 0) is 31.7 Å². The molecule has 0 N–H and O–H groups in total. The molecule has 0 aromatic heterocycles. The molecule has 0 saturated heterocycles. The molecule has 2 heteroatoms. The summed E-state index contributed by atoms with van der Waals surface area (Å²) < 4.78 is 5.68. The minimum absolute atomic E-state index is 0.0827. The average molecular weight is 306 g/mol. The molecule has 0 aliphatic carbocycles. The van der Waals surface area contributed by atoms with E-state index >= 15 is 0 Å². The first-order valence-electron chi connectivity index (χ1n) is 8.63. The van der Waals surface area contributed by atoms with Crippen molar-refractivity contribution in [3.8, 4) is 0 Å². The fourth-order valence-corrected chi connectivity index (χ4v) is 2.23. The lowest BCUT2D eigenvalue weighted by molar-refractivity contribution is -0.163. The van der Waals surface area contributed by atoms with Gasteiger partial charge in [0, 0.05) is 0 Å². The van der Waals surface area contributed by atoms with Crippen LogP contribution in [0.2, 0.25) is 0 Å². The molecule has 0 spiro atoms. The topological polar surface area (TPSA) is 26.3 Å². The minimum Gasteiger partial charge on any atom is -0.457 e. The zero-order valence-electron chi connectivity index (χ0n) is 15.5. The molecule has 3 unspecified atom stereocenters. The van der Waals surface area contributed by atoms with Gasteiger partial charge in [-0.2, -0.15) is 0 Å². The monoisotopic (exact) mass is 306 g/mol. The van der Waals surface area contributed by atoms with Crippen LogP contribution >= 0.6 is 0 Å². The molecular formula is C20H34O2. The van der Waals surface area contributed by atoms with Crippen molar-refractivity contribution in [1.29, 1.82) is 0 Å². The van der Waals surface area contributed by atoms with Gasteiger partial charge in [-0.25, -0.2) is 0 Å². The van der Waals surface area contributed by atoms with Crippen molar-refractivity contribution >= 4 is 5.97 Å². The third kappa shape index (κ3) is 5.82. The number of hydrogen-bond acceptors (Lipinski definition) is 2. The summed E-state index contributed by atoms with van der Waals surface area (Å²) in [4.78, 5) is 12.5. The summed E-state index contributed by atoms with van der Waals surface area (Å²) in [5, 5.41) is 0. The normalized spacial score (nSPS) is 15.8. The molecule has 126 valence electrons. The van der Waals surface area contributed by atoms with Crippen LogP contribution in [0, 0.1) is 11.3 Å². The summed E-state index contributed by atoms with van der Waals surface area (Å²) in [6.07, 6.45) is 2.85. The molecule has 0 aliphatic heterocycles. The molecule has 1 aromatic carbocycles. The summed E-state index contributed by atoms with van der Waals surface area (Å²) in [6.45, 7) is 14.5. The Morgan fingerprint density at radius 3 is 2.00 bits per heavy atom. The molecule has 0 aliphatic rings. The van der Waals surface area contributed by atoms with E-state index in [4.69, 9.17) is 4.74 Å². The number of carbonyl (C=O) groups is 1. The number of hydrogen-bond donors (Lipinski definition) is 0. The van der Waals surface area contributed by atoms with E-state index in [1.807, 2.05) is 44.2 Å². The maximum atomic E-state index is 12.5. The highest BCUT2D eigenvalue weighted by atomic mass is 16.5. The maximum Gasteiger partial charge on any atom is 0.312 e. The highest BCUT2D eigenvalue weighted by molar-refractivity contribution is 5.77. The van der Waals surface area contributed by atoms with Crippen LogP contribution in [0.1, 0.15) is 79.4 Å². The molecule has 3 atom stereocenters. The van der Waals surface area contributed by atoms with E-state index in [1.54, 1.807) is 0 Å². The Morgan fingerprint density at radius 2 is 1.59 bits per heavy atom. The van der Waals surface area contributed by atoms with E-state index in [0.29, 0.717) is 5.92 Å². The SMILES string of the molecule is CCC.CCC(C)C(C)(CC)C(=O)OC(C)c1ccccc1. The predicted octanol–water partition coefficient (Wildman–Crippen LogP) is 6.17. The second-order valence-electron chi connectivity index (χ2n) is 6.25. The van der Waals surface area contributed by atoms with Gasteiger partial charge in [0.1, 0.15) is 6.10 Å². The quantitative estimate of drug-likeness (QED) is 0.587. The van der Waals surface area contributed by atoms with E-state index in [9.17, 15) is 4.79 Å². The van der Waals surface area contributed by atoms with Gasteiger partial charge in [-0.15, -0.1) is 0 Å². The first-order chi connectivity index (χ1) is 10.4. The van der Waals surface area contributed by atoms with E-state index in [2.05, 4.69) is 34.6 Å². The molecule has 0 heterocycles. The van der Waals surface area contributed by atoms with Gasteiger partial charge in [0.25, 0.3) is 0 Å². The van der Waals surface area contributed by atoms with Crippen molar-refractivity contribution in [1.82, 2.24) is 0 Å². The van der Waals surface area contributed by atoms with Gasteiger partial charge < -0.3 is 4.74 Å². The Hall–Kier alpha value is -1.31. The molecule has 0 radical (unpaired) electrons. The molecule has 0 saturated carbocycles. The van der Waals surface area contributed by atoms with Crippen LogP contribution in [-0.4, -0.2) is 5.97 Å². The fourth-order valence-electron chi connectivity index (χ4n) is 2.23. The molecule has 22 heavy (non-hydrogen) atoms. The van der Waals surface area contributed by atoms with Crippen LogP contribution in [0.5, 0.6) is 0 Å². The van der Waals surface area contributed by atoms with Crippen molar-refractivity contribution in [2.75, 3.05) is 0 Å². The summed E-state index contributed by atoms with van der Waals surface area (Å²) in [7, 11) is 0. The van der Waals surface area contributed by atoms with Crippen LogP contribution in [0.25, 0.3) is 0 Å². The highest BCUT2D eigenvalue weighted by Crippen LogP contribution is 2.36. The number of benzene rings is 1. The molecule has 1 aromatic rings. The second kappa shape index (κ2) is 10.4. The van der Waals surface area contributed by atoms with Gasteiger partial charge >= 0.3 is 5.97 Å². The van der Waals surface area contributed by atoms with Crippen LogP contribution < -0.4 is 0 Å². The minimum atomic E-state index is -0.391. The Morgan fingerprint density at radius 1 is 1.09 bits per heavy atom. The number of carbonyl (C=O) groups excluding carboxylic acids is 1. The Bertz CT molecular complexity index is 413. The summed E-state index contributed by atoms with van der Waals surface area (Å²) in [5.41, 5.74) is 0.649. The molecular weight excluding hydrogens is 272 g/mol. The second-order valence-corrected chi connectivity index (χ2v) is 6.25. The maximum absolute atomic E-state index is 12.5. The third-order valence-electron chi connectivity index (χ3n) is 4.45. The fraction of sp³-hybridized carbons (Fsp3) is 0.650. The zero-order chi connectivity index (χ0) is 17.2. The van der Waals surface area contributed by atoms with E-state index in [1.165, 1.54) is 6.42 Å². The van der Waals surface area contributed by atoms with E-state index in [-0.39, 0.29) is 12.1 Å². The lowest BCUT2D eigenvalue weighted by Crippen LogP contribution is -2.36. The standard InChI is InChI=1S/C17H26O2.C3H8/c1-6-13(3)17(5,7-2)16(18)19-14(4)15-11-9-8-10-12-15;1-3-2/h8-14H,6-7H2,1-5H3;3H2,1-2H3. The molecule has 2 nitrogen and oxygen atoms in total. The lowest BCUT2D eigenvalue weighted by Gasteiger charge is -2.33. The van der Waals surface area contributed by atoms with E-state index in [0.717, 1.165) is 18.4 Å². The number of ether oxygens (including phenoxy) is 1. The van der Waals surface area contributed by atoms with Gasteiger partial charge in [-0.1, -0.05) is 77.8 Å². The number of esters is 1. The first-order valence-corrected chi connectivity index (χ1v) is 8.63. The number of rotatable bonds is 6. The Kier molecular flexibility index (Phi) is 9.80. The Labute approximate surface area is 137 Å². The van der Waals surface area contributed by atoms with Crippen LogP contribution in [0.3, 0.4) is 0 Å². The van der Waals surface area contributed by atoms with Crippen molar-refractivity contribution in [3.05, 3.63) is 35.9 Å². The van der Waals surface area contributed by atoms with E-state index < -0.39 is 5.41 Å². The summed E-state index contributed by atoms with van der Waals surface area (Å²) in [6, 6.07) is 9.88. The van der Waals surface area contributed by atoms with Crippen molar-refractivity contribution in [2.45, 2.75) is 73.8 Å². The lowest BCUT2D eigenvalue weighted by atomic mass is 9.74. The van der Waals surface area contributed by atoms with Crippen LogP contribution in [0.15, 0.2) is 30.3 Å². The van der Waals surface area contributed by atoms with Crippen molar-refractivity contribution < 1.29 is 9.53 Å². The van der Waals surface area contributed by atoms with Crippen LogP contribution in [0.4, 0.5) is 0 Å². The van der Waals surface area contributed by atoms with Crippen LogP contribution in [-0.2, 0) is 9.53 Å². The molecule has 0 fully saturated rings. The molecule has 0 amide bonds.